The van der Waals surface area contributed by atoms with Gasteiger partial charge in [0.2, 0.25) is 0 Å². The van der Waals surface area contributed by atoms with E-state index in [1.54, 1.807) is 0 Å². The van der Waals surface area contributed by atoms with Crippen LogP contribution in [0.15, 0.2) is 86.2 Å². The number of anilines is 1. The van der Waals surface area contributed by atoms with Crippen molar-refractivity contribution < 1.29 is 0 Å². The standard InChI is InChI=1S/C24H30N2/c1-5-9-19-15-18(11-12-22(19)25)21-16-20(10-6-2)23(26)24(17-21,13-7-3)14-8-4/h5-8,11-12,15-16H,1-4,9-10,13-14,17,25-26H2. The van der Waals surface area contributed by atoms with E-state index in [9.17, 15) is 0 Å². The molecule has 0 unspecified atom stereocenters. The van der Waals surface area contributed by atoms with Gasteiger partial charge < -0.3 is 11.5 Å². The van der Waals surface area contributed by atoms with Crippen LogP contribution in [-0.2, 0) is 6.42 Å². The van der Waals surface area contributed by atoms with E-state index in [-0.39, 0.29) is 5.41 Å². The largest absolute Gasteiger partial charge is 0.401 e. The molecule has 0 aliphatic heterocycles. The average molecular weight is 347 g/mol. The molecule has 0 radical (unpaired) electrons. The van der Waals surface area contributed by atoms with Gasteiger partial charge in [0.25, 0.3) is 0 Å². The van der Waals surface area contributed by atoms with Gasteiger partial charge in [-0.3, -0.25) is 0 Å². The van der Waals surface area contributed by atoms with Crippen LogP contribution in [0.25, 0.3) is 5.57 Å². The van der Waals surface area contributed by atoms with Gasteiger partial charge in [0.15, 0.2) is 0 Å². The van der Waals surface area contributed by atoms with Crippen molar-refractivity contribution in [2.75, 3.05) is 5.73 Å². The molecule has 2 rings (SSSR count). The number of hydrogen-bond donors (Lipinski definition) is 2. The Morgan fingerprint density at radius 1 is 0.923 bits per heavy atom. The molecular weight excluding hydrogens is 316 g/mol. The number of rotatable bonds is 9. The summed E-state index contributed by atoms with van der Waals surface area (Å²) in [6.07, 6.45) is 13.9. The molecule has 0 fully saturated rings. The van der Waals surface area contributed by atoms with Crippen molar-refractivity contribution in [3.8, 4) is 0 Å². The molecule has 0 bridgehead atoms. The van der Waals surface area contributed by atoms with Crippen LogP contribution in [0.2, 0.25) is 0 Å². The van der Waals surface area contributed by atoms with Crippen LogP contribution in [0.4, 0.5) is 5.69 Å². The van der Waals surface area contributed by atoms with E-state index < -0.39 is 0 Å². The second kappa shape index (κ2) is 8.57. The SMILES string of the molecule is C=CCC1=C(N)C(CC=C)(CC=C)CC(c2ccc(N)c(CC=C)c2)=C1. The fourth-order valence-electron chi connectivity index (χ4n) is 3.79. The molecule has 0 aromatic heterocycles. The molecule has 0 spiro atoms. The third-order valence-corrected chi connectivity index (χ3v) is 5.11. The van der Waals surface area contributed by atoms with E-state index in [4.69, 9.17) is 11.5 Å². The van der Waals surface area contributed by atoms with E-state index in [0.717, 1.165) is 54.6 Å². The first kappa shape index (κ1) is 19.6. The highest BCUT2D eigenvalue weighted by molar-refractivity contribution is 5.74. The quantitative estimate of drug-likeness (QED) is 0.444. The van der Waals surface area contributed by atoms with Crippen molar-refractivity contribution in [2.45, 2.75) is 32.1 Å². The molecule has 2 nitrogen and oxygen atoms in total. The summed E-state index contributed by atoms with van der Waals surface area (Å²) in [5.41, 5.74) is 19.0. The van der Waals surface area contributed by atoms with Crippen molar-refractivity contribution in [3.63, 3.8) is 0 Å². The summed E-state index contributed by atoms with van der Waals surface area (Å²) in [4.78, 5) is 0. The molecule has 136 valence electrons. The zero-order chi connectivity index (χ0) is 19.2. The Morgan fingerprint density at radius 3 is 2.15 bits per heavy atom. The second-order valence-corrected chi connectivity index (χ2v) is 6.95. The third kappa shape index (κ3) is 3.91. The Kier molecular flexibility index (Phi) is 6.46. The zero-order valence-corrected chi connectivity index (χ0v) is 15.6. The topological polar surface area (TPSA) is 52.0 Å². The lowest BCUT2D eigenvalue weighted by molar-refractivity contribution is 0.362. The van der Waals surface area contributed by atoms with Crippen LogP contribution in [0, 0.1) is 5.41 Å². The van der Waals surface area contributed by atoms with Crippen LogP contribution in [0.1, 0.15) is 36.8 Å². The normalized spacial score (nSPS) is 15.9. The molecule has 0 heterocycles. The Hall–Kier alpha value is -2.74. The van der Waals surface area contributed by atoms with E-state index in [2.05, 4.69) is 44.5 Å². The van der Waals surface area contributed by atoms with Gasteiger partial charge in [-0.25, -0.2) is 0 Å². The van der Waals surface area contributed by atoms with E-state index in [0.29, 0.717) is 0 Å². The highest BCUT2D eigenvalue weighted by atomic mass is 14.7. The van der Waals surface area contributed by atoms with Crippen molar-refractivity contribution in [2.24, 2.45) is 11.1 Å². The fraction of sp³-hybridized carbons (Fsp3) is 0.250. The lowest BCUT2D eigenvalue weighted by atomic mass is 9.67. The maximum Gasteiger partial charge on any atom is 0.0350 e. The molecular formula is C24H30N2. The van der Waals surface area contributed by atoms with Gasteiger partial charge in [-0.05, 0) is 66.5 Å². The molecule has 0 saturated carbocycles. The van der Waals surface area contributed by atoms with Crippen molar-refractivity contribution in [1.82, 2.24) is 0 Å². The highest BCUT2D eigenvalue weighted by Crippen LogP contribution is 2.47. The fourth-order valence-corrected chi connectivity index (χ4v) is 3.79. The first-order chi connectivity index (χ1) is 12.5. The van der Waals surface area contributed by atoms with Gasteiger partial charge in [0.05, 0.1) is 0 Å². The van der Waals surface area contributed by atoms with Crippen LogP contribution in [-0.4, -0.2) is 0 Å². The minimum Gasteiger partial charge on any atom is -0.401 e. The molecule has 0 saturated heterocycles. The van der Waals surface area contributed by atoms with E-state index in [1.807, 2.05) is 30.4 Å². The Bertz CT molecular complexity index is 767. The monoisotopic (exact) mass is 346 g/mol. The summed E-state index contributed by atoms with van der Waals surface area (Å²) in [6.45, 7) is 15.6. The molecule has 1 aliphatic rings. The predicted octanol–water partition coefficient (Wildman–Crippen LogP) is 5.71. The Balaban J connectivity index is 2.58. The predicted molar refractivity (Wildman–Crippen MR) is 115 cm³/mol. The molecule has 2 heteroatoms. The van der Waals surface area contributed by atoms with Crippen LogP contribution in [0.5, 0.6) is 0 Å². The summed E-state index contributed by atoms with van der Waals surface area (Å²) in [6, 6.07) is 6.24. The summed E-state index contributed by atoms with van der Waals surface area (Å²) in [7, 11) is 0. The maximum atomic E-state index is 6.62. The van der Waals surface area contributed by atoms with E-state index in [1.165, 1.54) is 11.1 Å². The summed E-state index contributed by atoms with van der Waals surface area (Å²) >= 11 is 0. The van der Waals surface area contributed by atoms with Crippen molar-refractivity contribution >= 4 is 11.3 Å². The number of benzene rings is 1. The Labute approximate surface area is 158 Å². The number of hydrogen-bond acceptors (Lipinski definition) is 2. The molecule has 1 aromatic carbocycles. The van der Waals surface area contributed by atoms with Gasteiger partial charge in [-0.15, -0.1) is 26.3 Å². The first-order valence-corrected chi connectivity index (χ1v) is 9.03. The molecule has 0 atom stereocenters. The third-order valence-electron chi connectivity index (χ3n) is 5.11. The first-order valence-electron chi connectivity index (χ1n) is 9.03. The van der Waals surface area contributed by atoms with Gasteiger partial charge >= 0.3 is 0 Å². The molecule has 4 N–H and O–H groups in total. The van der Waals surface area contributed by atoms with Gasteiger partial charge in [-0.2, -0.15) is 0 Å². The van der Waals surface area contributed by atoms with Crippen LogP contribution in [0.3, 0.4) is 0 Å². The summed E-state index contributed by atoms with van der Waals surface area (Å²) in [5.74, 6) is 0. The van der Waals surface area contributed by atoms with E-state index >= 15 is 0 Å². The van der Waals surface area contributed by atoms with Gasteiger partial charge in [0, 0.05) is 16.8 Å². The van der Waals surface area contributed by atoms with Crippen LogP contribution >= 0.6 is 0 Å². The average Bonchev–Trinajstić information content (AvgIpc) is 2.61. The lowest BCUT2D eigenvalue weighted by Crippen LogP contribution is -2.31. The van der Waals surface area contributed by atoms with Crippen LogP contribution < -0.4 is 11.5 Å². The Morgan fingerprint density at radius 2 is 1.58 bits per heavy atom. The number of nitrogens with two attached hydrogens (primary N) is 2. The molecule has 26 heavy (non-hydrogen) atoms. The van der Waals surface area contributed by atoms with Gasteiger partial charge in [-0.1, -0.05) is 36.4 Å². The smallest absolute Gasteiger partial charge is 0.0350 e. The molecule has 0 amide bonds. The maximum absolute atomic E-state index is 6.62. The summed E-state index contributed by atoms with van der Waals surface area (Å²) in [5, 5.41) is 0. The molecule has 1 aliphatic carbocycles. The second-order valence-electron chi connectivity index (χ2n) is 6.95. The molecule has 1 aromatic rings. The highest BCUT2D eigenvalue weighted by Gasteiger charge is 2.36. The number of allylic oxidation sites excluding steroid dienone is 8. The van der Waals surface area contributed by atoms with Crippen molar-refractivity contribution in [1.29, 1.82) is 0 Å². The minimum absolute atomic E-state index is 0.175. The number of nitrogen functional groups attached to an aromatic ring is 1. The zero-order valence-electron chi connectivity index (χ0n) is 15.6. The van der Waals surface area contributed by atoms with Gasteiger partial charge in [0.1, 0.15) is 0 Å². The van der Waals surface area contributed by atoms with Crippen molar-refractivity contribution in [3.05, 3.63) is 97.3 Å². The summed E-state index contributed by atoms with van der Waals surface area (Å²) < 4.78 is 0. The lowest BCUT2D eigenvalue weighted by Gasteiger charge is -2.38. The minimum atomic E-state index is -0.175.